The highest BCUT2D eigenvalue weighted by atomic mass is 16.2. The number of amides is 2. The lowest BCUT2D eigenvalue weighted by Crippen LogP contribution is -2.39. The van der Waals surface area contributed by atoms with Crippen LogP contribution in [0.1, 0.15) is 23.3 Å². The van der Waals surface area contributed by atoms with Crippen LogP contribution in [0.2, 0.25) is 0 Å². The molecule has 114 valence electrons. The molecule has 22 heavy (non-hydrogen) atoms. The van der Waals surface area contributed by atoms with Gasteiger partial charge in [0.1, 0.15) is 11.7 Å². The average molecular weight is 298 g/mol. The number of anilines is 2. The second kappa shape index (κ2) is 5.93. The van der Waals surface area contributed by atoms with E-state index in [0.717, 1.165) is 25.1 Å². The number of carbonyl (C=O) groups is 2. The first-order chi connectivity index (χ1) is 10.6. The van der Waals surface area contributed by atoms with Crippen molar-refractivity contribution < 1.29 is 9.59 Å². The van der Waals surface area contributed by atoms with Crippen molar-refractivity contribution in [2.24, 2.45) is 5.73 Å². The summed E-state index contributed by atoms with van der Waals surface area (Å²) in [6.07, 6.45) is 3.36. The summed E-state index contributed by atoms with van der Waals surface area (Å²) in [6, 6.07) is 11.2. The predicted octanol–water partition coefficient (Wildman–Crippen LogP) is 1.72. The molecule has 1 aromatic heterocycles. The highest BCUT2D eigenvalue weighted by Gasteiger charge is 2.30. The number of nitrogens with two attached hydrogens (primary N) is 1. The van der Waals surface area contributed by atoms with Crippen LogP contribution in [0, 0.1) is 0 Å². The first-order valence-corrected chi connectivity index (χ1v) is 7.26. The maximum atomic E-state index is 12.5. The number of benzene rings is 1. The molecule has 1 aliphatic heterocycles. The van der Waals surface area contributed by atoms with Crippen molar-refractivity contribution in [2.45, 2.75) is 18.9 Å². The monoisotopic (exact) mass is 298 g/mol. The minimum absolute atomic E-state index is 0.0728. The minimum Gasteiger partial charge on any atom is -0.364 e. The third kappa shape index (κ3) is 2.81. The van der Waals surface area contributed by atoms with E-state index in [4.69, 9.17) is 5.73 Å². The maximum absolute atomic E-state index is 12.5. The fourth-order valence-corrected chi connectivity index (χ4v) is 2.80. The topological polar surface area (TPSA) is 91.2 Å². The van der Waals surface area contributed by atoms with Crippen LogP contribution in [0.15, 0.2) is 42.6 Å². The summed E-state index contributed by atoms with van der Waals surface area (Å²) in [5, 5.41) is 2.84. The lowest BCUT2D eigenvalue weighted by Gasteiger charge is -2.25. The van der Waals surface area contributed by atoms with Crippen molar-refractivity contribution in [1.29, 1.82) is 0 Å². The SMILES string of the molecule is NC(=O)c1cc(NC(=O)C2CCCN2c2ccccc2)c[nH]1. The number of primary amides is 1. The molecule has 1 aliphatic rings. The van der Waals surface area contributed by atoms with Crippen LogP contribution in [0.4, 0.5) is 11.4 Å². The number of rotatable bonds is 4. The summed E-state index contributed by atoms with van der Waals surface area (Å²) in [4.78, 5) is 28.4. The van der Waals surface area contributed by atoms with Gasteiger partial charge in [0, 0.05) is 18.4 Å². The number of nitrogens with one attached hydrogen (secondary N) is 2. The third-order valence-corrected chi connectivity index (χ3v) is 3.86. The molecular formula is C16H18N4O2. The number of aromatic nitrogens is 1. The van der Waals surface area contributed by atoms with Gasteiger partial charge in [0.25, 0.3) is 5.91 Å². The highest BCUT2D eigenvalue weighted by Crippen LogP contribution is 2.26. The second-order valence-electron chi connectivity index (χ2n) is 5.34. The Balaban J connectivity index is 1.72. The Kier molecular flexibility index (Phi) is 3.82. The molecule has 6 heteroatoms. The molecule has 0 spiro atoms. The van der Waals surface area contributed by atoms with Crippen LogP contribution in [-0.2, 0) is 4.79 Å². The molecule has 0 bridgehead atoms. The van der Waals surface area contributed by atoms with Crippen molar-refractivity contribution in [3.05, 3.63) is 48.3 Å². The van der Waals surface area contributed by atoms with Crippen molar-refractivity contribution in [3.63, 3.8) is 0 Å². The summed E-state index contributed by atoms with van der Waals surface area (Å²) >= 11 is 0. The van der Waals surface area contributed by atoms with Crippen molar-refractivity contribution in [2.75, 3.05) is 16.8 Å². The Morgan fingerprint density at radius 2 is 2.05 bits per heavy atom. The molecule has 0 saturated carbocycles. The Labute approximate surface area is 128 Å². The van der Waals surface area contributed by atoms with E-state index in [1.54, 1.807) is 12.3 Å². The van der Waals surface area contributed by atoms with Gasteiger partial charge in [-0.15, -0.1) is 0 Å². The van der Waals surface area contributed by atoms with Crippen LogP contribution in [0.3, 0.4) is 0 Å². The van der Waals surface area contributed by atoms with Gasteiger partial charge < -0.3 is 20.9 Å². The van der Waals surface area contributed by atoms with E-state index in [2.05, 4.69) is 15.2 Å². The number of aromatic amines is 1. The molecule has 0 aliphatic carbocycles. The number of nitrogens with zero attached hydrogens (tertiary/aromatic N) is 1. The van der Waals surface area contributed by atoms with Gasteiger partial charge in [-0.1, -0.05) is 18.2 Å². The normalized spacial score (nSPS) is 17.5. The third-order valence-electron chi connectivity index (χ3n) is 3.86. The van der Waals surface area contributed by atoms with Gasteiger partial charge >= 0.3 is 0 Å². The average Bonchev–Trinajstić information content (AvgIpc) is 3.17. The van der Waals surface area contributed by atoms with Crippen molar-refractivity contribution in [3.8, 4) is 0 Å². The lowest BCUT2D eigenvalue weighted by atomic mass is 10.2. The van der Waals surface area contributed by atoms with E-state index >= 15 is 0 Å². The number of hydrogen-bond donors (Lipinski definition) is 3. The Morgan fingerprint density at radius 1 is 1.27 bits per heavy atom. The van der Waals surface area contributed by atoms with Crippen molar-refractivity contribution >= 4 is 23.2 Å². The van der Waals surface area contributed by atoms with Gasteiger partial charge in [-0.05, 0) is 31.0 Å². The van der Waals surface area contributed by atoms with Crippen LogP contribution in [0.5, 0.6) is 0 Å². The summed E-state index contributed by atoms with van der Waals surface area (Å²) in [5.41, 5.74) is 7.07. The molecule has 2 amide bonds. The smallest absolute Gasteiger partial charge is 0.265 e. The second-order valence-corrected chi connectivity index (χ2v) is 5.34. The van der Waals surface area contributed by atoms with E-state index < -0.39 is 5.91 Å². The van der Waals surface area contributed by atoms with Gasteiger partial charge in [-0.3, -0.25) is 9.59 Å². The van der Waals surface area contributed by atoms with E-state index in [1.807, 2.05) is 30.3 Å². The van der Waals surface area contributed by atoms with Gasteiger partial charge in [0.2, 0.25) is 5.91 Å². The lowest BCUT2D eigenvalue weighted by molar-refractivity contribution is -0.117. The van der Waals surface area contributed by atoms with E-state index in [1.165, 1.54) is 0 Å². The maximum Gasteiger partial charge on any atom is 0.265 e. The van der Waals surface area contributed by atoms with Crippen LogP contribution >= 0.6 is 0 Å². The molecule has 0 radical (unpaired) electrons. The first-order valence-electron chi connectivity index (χ1n) is 7.26. The van der Waals surface area contributed by atoms with Crippen LogP contribution < -0.4 is 16.0 Å². The first kappa shape index (κ1) is 14.2. The Hall–Kier alpha value is -2.76. The highest BCUT2D eigenvalue weighted by molar-refractivity contribution is 5.99. The molecule has 1 saturated heterocycles. The van der Waals surface area contributed by atoms with E-state index in [0.29, 0.717) is 5.69 Å². The van der Waals surface area contributed by atoms with E-state index in [-0.39, 0.29) is 17.6 Å². The van der Waals surface area contributed by atoms with Gasteiger partial charge in [-0.25, -0.2) is 0 Å². The summed E-state index contributed by atoms with van der Waals surface area (Å²) in [7, 11) is 0. The summed E-state index contributed by atoms with van der Waals surface area (Å²) < 4.78 is 0. The van der Waals surface area contributed by atoms with Crippen LogP contribution in [0.25, 0.3) is 0 Å². The number of hydrogen-bond acceptors (Lipinski definition) is 3. The zero-order valence-electron chi connectivity index (χ0n) is 12.1. The van der Waals surface area contributed by atoms with Crippen molar-refractivity contribution in [1.82, 2.24) is 4.98 Å². The van der Waals surface area contributed by atoms with Gasteiger partial charge in [0.05, 0.1) is 5.69 Å². The fourth-order valence-electron chi connectivity index (χ4n) is 2.80. The zero-order chi connectivity index (χ0) is 15.5. The standard InChI is InChI=1S/C16H18N4O2/c17-15(21)13-9-11(10-18-13)19-16(22)14-7-4-8-20(14)12-5-2-1-3-6-12/h1-3,5-6,9-10,14,18H,4,7-8H2,(H2,17,21)(H,19,22). The number of carbonyl (C=O) groups excluding carboxylic acids is 2. The molecular weight excluding hydrogens is 280 g/mol. The summed E-state index contributed by atoms with van der Waals surface area (Å²) in [5.74, 6) is -0.622. The molecule has 4 N–H and O–H groups in total. The molecule has 1 aromatic carbocycles. The molecule has 6 nitrogen and oxygen atoms in total. The molecule has 2 heterocycles. The Morgan fingerprint density at radius 3 is 2.73 bits per heavy atom. The number of para-hydroxylation sites is 1. The van der Waals surface area contributed by atoms with Gasteiger partial charge in [-0.2, -0.15) is 0 Å². The summed E-state index contributed by atoms with van der Waals surface area (Å²) in [6.45, 7) is 0.863. The Bertz CT molecular complexity index is 680. The molecule has 3 rings (SSSR count). The molecule has 1 fully saturated rings. The van der Waals surface area contributed by atoms with Crippen LogP contribution in [-0.4, -0.2) is 29.4 Å². The number of H-pyrrole nitrogens is 1. The molecule has 1 unspecified atom stereocenters. The molecule has 2 aromatic rings. The van der Waals surface area contributed by atoms with Gasteiger partial charge in [0.15, 0.2) is 0 Å². The quantitative estimate of drug-likeness (QED) is 0.802. The fraction of sp³-hybridized carbons (Fsp3) is 0.250. The zero-order valence-corrected chi connectivity index (χ0v) is 12.1. The largest absolute Gasteiger partial charge is 0.364 e. The minimum atomic E-state index is -0.549. The predicted molar refractivity (Wildman–Crippen MR) is 84.8 cm³/mol. The van der Waals surface area contributed by atoms with E-state index in [9.17, 15) is 9.59 Å². The molecule has 1 atom stereocenters.